The molecule has 2 fully saturated rings. The third kappa shape index (κ3) is 2.83. The summed E-state index contributed by atoms with van der Waals surface area (Å²) in [7, 11) is 1.94. The molecule has 0 aromatic carbocycles. The molecule has 2 aromatic heterocycles. The lowest BCUT2D eigenvalue weighted by atomic mass is 9.90. The first-order valence-corrected chi connectivity index (χ1v) is 8.96. The number of aryl methyl sites for hydroxylation is 1. The molecule has 0 bridgehead atoms. The van der Waals surface area contributed by atoms with Crippen molar-refractivity contribution in [3.63, 3.8) is 0 Å². The van der Waals surface area contributed by atoms with Gasteiger partial charge in [-0.15, -0.1) is 11.3 Å². The quantitative estimate of drug-likeness (QED) is 0.873. The summed E-state index contributed by atoms with van der Waals surface area (Å²) >= 11 is 1.71. The minimum Gasteiger partial charge on any atom is -0.375 e. The van der Waals surface area contributed by atoms with Crippen LogP contribution in [0.1, 0.15) is 31.4 Å². The van der Waals surface area contributed by atoms with Crippen molar-refractivity contribution in [2.45, 2.75) is 44.4 Å². The van der Waals surface area contributed by atoms with Crippen molar-refractivity contribution in [1.82, 2.24) is 19.7 Å². The molecule has 0 spiro atoms. The highest BCUT2D eigenvalue weighted by Crippen LogP contribution is 2.30. The van der Waals surface area contributed by atoms with Crippen LogP contribution in [0, 0.1) is 0 Å². The summed E-state index contributed by atoms with van der Waals surface area (Å²) in [5.74, 6) is 0. The maximum absolute atomic E-state index is 5.96. The molecule has 0 amide bonds. The summed E-state index contributed by atoms with van der Waals surface area (Å²) in [6.07, 6.45) is 9.49. The van der Waals surface area contributed by atoms with Crippen LogP contribution in [0.25, 0.3) is 10.6 Å². The number of fused-ring (bicyclic) bond motifs is 1. The van der Waals surface area contributed by atoms with Gasteiger partial charge in [0.1, 0.15) is 5.01 Å². The largest absolute Gasteiger partial charge is 0.375 e. The Labute approximate surface area is 134 Å². The van der Waals surface area contributed by atoms with E-state index >= 15 is 0 Å². The Balaban J connectivity index is 1.47. The van der Waals surface area contributed by atoms with E-state index in [2.05, 4.69) is 15.4 Å². The Morgan fingerprint density at radius 3 is 3.14 bits per heavy atom. The molecule has 6 heteroatoms. The summed E-state index contributed by atoms with van der Waals surface area (Å²) in [5, 5.41) is 7.48. The number of hydrogen-bond acceptors (Lipinski definition) is 5. The van der Waals surface area contributed by atoms with Gasteiger partial charge in [0.25, 0.3) is 0 Å². The molecule has 1 saturated heterocycles. The minimum atomic E-state index is 0.443. The third-order valence-electron chi connectivity index (χ3n) is 4.72. The predicted octanol–water partition coefficient (Wildman–Crippen LogP) is 2.69. The second kappa shape index (κ2) is 6.10. The fraction of sp³-hybridized carbons (Fsp3) is 0.625. The number of nitrogens with zero attached hydrogens (tertiary/aromatic N) is 4. The van der Waals surface area contributed by atoms with E-state index in [1.807, 2.05) is 24.1 Å². The second-order valence-electron chi connectivity index (χ2n) is 6.28. The van der Waals surface area contributed by atoms with Crippen molar-refractivity contribution in [2.75, 3.05) is 13.2 Å². The first-order valence-electron chi connectivity index (χ1n) is 8.09. The monoisotopic (exact) mass is 318 g/mol. The van der Waals surface area contributed by atoms with Crippen LogP contribution in [0.4, 0.5) is 0 Å². The Bertz CT molecular complexity index is 636. The van der Waals surface area contributed by atoms with E-state index < -0.39 is 0 Å². The van der Waals surface area contributed by atoms with Crippen LogP contribution >= 0.6 is 11.3 Å². The SMILES string of the molecule is Cn1cc(-c2nc(CN3CCO[C@H]4CCCC[C@@H]43)cs2)cn1. The Hall–Kier alpha value is -1.24. The molecule has 5 nitrogen and oxygen atoms in total. The van der Waals surface area contributed by atoms with Crippen LogP contribution in [-0.4, -0.2) is 45.0 Å². The summed E-state index contributed by atoms with van der Waals surface area (Å²) in [4.78, 5) is 7.39. The van der Waals surface area contributed by atoms with Crippen LogP contribution in [0.15, 0.2) is 17.8 Å². The van der Waals surface area contributed by atoms with Gasteiger partial charge in [-0.2, -0.15) is 5.10 Å². The van der Waals surface area contributed by atoms with Gasteiger partial charge in [0.05, 0.1) is 24.6 Å². The van der Waals surface area contributed by atoms with Crippen molar-refractivity contribution >= 4 is 11.3 Å². The van der Waals surface area contributed by atoms with Gasteiger partial charge in [-0.1, -0.05) is 12.8 Å². The van der Waals surface area contributed by atoms with E-state index in [9.17, 15) is 0 Å². The first-order chi connectivity index (χ1) is 10.8. The van der Waals surface area contributed by atoms with Gasteiger partial charge in [0.2, 0.25) is 0 Å². The molecule has 22 heavy (non-hydrogen) atoms. The molecule has 4 rings (SSSR count). The van der Waals surface area contributed by atoms with Crippen LogP contribution in [0.3, 0.4) is 0 Å². The molecular weight excluding hydrogens is 296 g/mol. The van der Waals surface area contributed by atoms with Gasteiger partial charge in [-0.25, -0.2) is 4.98 Å². The highest BCUT2D eigenvalue weighted by atomic mass is 32.1. The average Bonchev–Trinajstić information content (AvgIpc) is 3.17. The summed E-state index contributed by atoms with van der Waals surface area (Å²) in [5.41, 5.74) is 2.28. The number of hydrogen-bond donors (Lipinski definition) is 0. The summed E-state index contributed by atoms with van der Waals surface area (Å²) < 4.78 is 7.78. The first kappa shape index (κ1) is 14.4. The summed E-state index contributed by atoms with van der Waals surface area (Å²) in [6, 6.07) is 0.589. The highest BCUT2D eigenvalue weighted by Gasteiger charge is 2.34. The van der Waals surface area contributed by atoms with Crippen molar-refractivity contribution in [3.8, 4) is 10.6 Å². The van der Waals surface area contributed by atoms with E-state index in [-0.39, 0.29) is 0 Å². The molecule has 1 saturated carbocycles. The highest BCUT2D eigenvalue weighted by molar-refractivity contribution is 7.13. The lowest BCUT2D eigenvalue weighted by molar-refractivity contribution is -0.0914. The molecule has 2 aromatic rings. The zero-order valence-electron chi connectivity index (χ0n) is 12.9. The number of aromatic nitrogens is 3. The third-order valence-corrected chi connectivity index (χ3v) is 5.66. The molecular formula is C16H22N4OS. The van der Waals surface area contributed by atoms with Gasteiger partial charge < -0.3 is 4.74 Å². The van der Waals surface area contributed by atoms with Gasteiger partial charge >= 0.3 is 0 Å². The number of morpholine rings is 1. The standard InChI is InChI=1S/C16H22N4OS/c1-19-9-12(8-17-19)16-18-13(11-22-16)10-20-6-7-21-15-5-3-2-4-14(15)20/h8-9,11,14-15H,2-7,10H2,1H3/t14-,15-/m0/s1. The van der Waals surface area contributed by atoms with E-state index in [1.165, 1.54) is 31.4 Å². The fourth-order valence-corrected chi connectivity index (χ4v) is 4.41. The normalized spacial score (nSPS) is 26.0. The Kier molecular flexibility index (Phi) is 3.98. The van der Waals surface area contributed by atoms with Gasteiger partial charge in [0.15, 0.2) is 0 Å². The maximum Gasteiger partial charge on any atom is 0.126 e. The topological polar surface area (TPSA) is 43.2 Å². The Morgan fingerprint density at radius 1 is 1.36 bits per heavy atom. The van der Waals surface area contributed by atoms with Crippen LogP contribution in [0.2, 0.25) is 0 Å². The molecule has 0 unspecified atom stereocenters. The van der Waals surface area contributed by atoms with Crippen molar-refractivity contribution in [2.24, 2.45) is 7.05 Å². The van der Waals surface area contributed by atoms with Crippen LogP contribution in [0.5, 0.6) is 0 Å². The van der Waals surface area contributed by atoms with Gasteiger partial charge in [0, 0.05) is 43.3 Å². The molecule has 0 N–H and O–H groups in total. The zero-order chi connectivity index (χ0) is 14.9. The van der Waals surface area contributed by atoms with E-state index in [4.69, 9.17) is 9.72 Å². The van der Waals surface area contributed by atoms with Crippen LogP contribution < -0.4 is 0 Å². The van der Waals surface area contributed by atoms with Crippen LogP contribution in [-0.2, 0) is 18.3 Å². The fourth-order valence-electron chi connectivity index (χ4n) is 3.62. The zero-order valence-corrected chi connectivity index (χ0v) is 13.8. The summed E-state index contributed by atoms with van der Waals surface area (Å²) in [6.45, 7) is 2.84. The molecule has 0 radical (unpaired) electrons. The molecule has 118 valence electrons. The second-order valence-corrected chi connectivity index (χ2v) is 7.14. The van der Waals surface area contributed by atoms with Crippen molar-refractivity contribution in [3.05, 3.63) is 23.5 Å². The van der Waals surface area contributed by atoms with Crippen molar-refractivity contribution < 1.29 is 4.74 Å². The number of ether oxygens (including phenoxy) is 1. The molecule has 2 aliphatic rings. The average molecular weight is 318 g/mol. The van der Waals surface area contributed by atoms with E-state index in [1.54, 1.807) is 11.3 Å². The lowest BCUT2D eigenvalue weighted by Gasteiger charge is -2.43. The van der Waals surface area contributed by atoms with Gasteiger partial charge in [-0.05, 0) is 12.8 Å². The molecule has 2 atom stereocenters. The van der Waals surface area contributed by atoms with Gasteiger partial charge in [-0.3, -0.25) is 9.58 Å². The predicted molar refractivity (Wildman–Crippen MR) is 86.7 cm³/mol. The Morgan fingerprint density at radius 2 is 2.27 bits per heavy atom. The smallest absolute Gasteiger partial charge is 0.126 e. The van der Waals surface area contributed by atoms with Crippen molar-refractivity contribution in [1.29, 1.82) is 0 Å². The molecule has 3 heterocycles. The maximum atomic E-state index is 5.96. The minimum absolute atomic E-state index is 0.443. The lowest BCUT2D eigenvalue weighted by Crippen LogP contribution is -2.52. The number of thiazole rings is 1. The number of rotatable bonds is 3. The molecule has 1 aliphatic heterocycles. The van der Waals surface area contributed by atoms with E-state index in [0.717, 1.165) is 30.3 Å². The molecule has 1 aliphatic carbocycles. The van der Waals surface area contributed by atoms with E-state index in [0.29, 0.717) is 12.1 Å².